The number of hydrogen-bond donors (Lipinski definition) is 1. The van der Waals surface area contributed by atoms with Crippen molar-refractivity contribution in [1.82, 2.24) is 34.6 Å². The lowest BCUT2D eigenvalue weighted by atomic mass is 10.1. The van der Waals surface area contributed by atoms with Crippen molar-refractivity contribution in [2.75, 3.05) is 25.0 Å². The molecule has 6 rings (SSSR count). The number of nitriles is 1. The van der Waals surface area contributed by atoms with Crippen LogP contribution < -0.4 is 10.2 Å². The molecule has 2 atom stereocenters. The minimum atomic E-state index is -0.247. The molecule has 0 radical (unpaired) electrons. The van der Waals surface area contributed by atoms with E-state index < -0.39 is 0 Å². The summed E-state index contributed by atoms with van der Waals surface area (Å²) in [5, 5.41) is 21.1. The summed E-state index contributed by atoms with van der Waals surface area (Å²) in [7, 11) is 4.05. The Morgan fingerprint density at radius 3 is 2.71 bits per heavy atom. The molecule has 0 bridgehead atoms. The zero-order valence-corrected chi connectivity index (χ0v) is 19.6. The van der Waals surface area contributed by atoms with Gasteiger partial charge in [0.25, 0.3) is 5.91 Å². The first-order chi connectivity index (χ1) is 17.0. The van der Waals surface area contributed by atoms with E-state index in [0.717, 1.165) is 42.3 Å². The maximum Gasteiger partial charge on any atom is 0.270 e. The van der Waals surface area contributed by atoms with E-state index in [1.54, 1.807) is 23.0 Å². The van der Waals surface area contributed by atoms with Gasteiger partial charge >= 0.3 is 0 Å². The van der Waals surface area contributed by atoms with Gasteiger partial charge in [-0.3, -0.25) is 14.4 Å². The van der Waals surface area contributed by atoms with Crippen molar-refractivity contribution >= 4 is 17.4 Å². The van der Waals surface area contributed by atoms with Crippen LogP contribution in [0.15, 0.2) is 48.7 Å². The number of nitrogens with one attached hydrogen (secondary N) is 1. The number of nitrogens with zero attached hydrogens (tertiary/aromatic N) is 8. The summed E-state index contributed by atoms with van der Waals surface area (Å²) in [4.78, 5) is 22.6. The first-order valence-electron chi connectivity index (χ1n) is 11.6. The fraction of sp³-hybridized carbons (Fsp3) is 0.320. The van der Waals surface area contributed by atoms with Gasteiger partial charge in [0.1, 0.15) is 17.2 Å². The lowest BCUT2D eigenvalue weighted by molar-refractivity contribution is 0.0946. The molecular weight excluding hydrogens is 442 g/mol. The molecule has 176 valence electrons. The maximum absolute atomic E-state index is 13.2. The number of anilines is 1. The number of carbonyl (C=O) groups excluding carboxylic acids is 1. The standard InChI is InChI=1S/C25H25N9O/c1-31-9-10-33(22-13-21(22)31)24-12-19(25(35)27-15-17-5-3-16(14-26)4-6-17)29-23-11-18(30-34(23)24)20-7-8-28-32(20)2/h3-8,11-12,21-22H,9-10,13,15H2,1-2H3,(H,27,35). The van der Waals surface area contributed by atoms with Gasteiger partial charge in [-0.15, -0.1) is 0 Å². The van der Waals surface area contributed by atoms with E-state index in [2.05, 4.69) is 38.3 Å². The highest BCUT2D eigenvalue weighted by molar-refractivity contribution is 5.93. The van der Waals surface area contributed by atoms with Gasteiger partial charge in [-0.2, -0.15) is 20.0 Å². The van der Waals surface area contributed by atoms with Crippen LogP contribution >= 0.6 is 0 Å². The predicted molar refractivity (Wildman–Crippen MR) is 130 cm³/mol. The fourth-order valence-corrected chi connectivity index (χ4v) is 4.86. The van der Waals surface area contributed by atoms with E-state index in [1.165, 1.54) is 0 Å². The molecule has 4 heterocycles. The minimum absolute atomic E-state index is 0.247. The molecule has 10 nitrogen and oxygen atoms in total. The number of benzene rings is 1. The monoisotopic (exact) mass is 467 g/mol. The Bertz CT molecular complexity index is 1460. The number of hydrogen-bond acceptors (Lipinski definition) is 7. The van der Waals surface area contributed by atoms with Gasteiger partial charge in [0.15, 0.2) is 5.65 Å². The van der Waals surface area contributed by atoms with E-state index in [-0.39, 0.29) is 5.91 Å². The molecule has 1 aliphatic heterocycles. The van der Waals surface area contributed by atoms with E-state index in [1.807, 2.05) is 41.9 Å². The molecule has 1 amide bonds. The molecule has 2 unspecified atom stereocenters. The summed E-state index contributed by atoms with van der Waals surface area (Å²) in [5.74, 6) is 0.635. The van der Waals surface area contributed by atoms with Crippen LogP contribution in [0.4, 0.5) is 5.82 Å². The third-order valence-electron chi connectivity index (χ3n) is 6.94. The molecule has 35 heavy (non-hydrogen) atoms. The highest BCUT2D eigenvalue weighted by Crippen LogP contribution is 2.39. The molecule has 4 aromatic rings. The van der Waals surface area contributed by atoms with Crippen LogP contribution in [0.5, 0.6) is 0 Å². The molecule has 0 spiro atoms. The average Bonchev–Trinajstić information content (AvgIpc) is 3.39. The highest BCUT2D eigenvalue weighted by atomic mass is 16.1. The van der Waals surface area contributed by atoms with Gasteiger partial charge in [0.05, 0.1) is 17.3 Å². The van der Waals surface area contributed by atoms with Crippen molar-refractivity contribution in [3.63, 3.8) is 0 Å². The Kier molecular flexibility index (Phi) is 5.00. The Morgan fingerprint density at radius 1 is 1.14 bits per heavy atom. The second kappa shape index (κ2) is 8.21. The Hall–Kier alpha value is -4.23. The summed E-state index contributed by atoms with van der Waals surface area (Å²) in [6.07, 6.45) is 2.85. The van der Waals surface area contributed by atoms with Crippen LogP contribution in [0.3, 0.4) is 0 Å². The van der Waals surface area contributed by atoms with Crippen LogP contribution in [-0.4, -0.2) is 67.4 Å². The lowest BCUT2D eigenvalue weighted by Crippen LogP contribution is -2.45. The molecule has 3 aromatic heterocycles. The van der Waals surface area contributed by atoms with E-state index in [4.69, 9.17) is 10.4 Å². The van der Waals surface area contributed by atoms with Crippen LogP contribution in [0.25, 0.3) is 17.0 Å². The lowest BCUT2D eigenvalue weighted by Gasteiger charge is -2.33. The molecule has 10 heteroatoms. The summed E-state index contributed by atoms with van der Waals surface area (Å²) >= 11 is 0. The molecule has 1 aliphatic carbocycles. The topological polar surface area (TPSA) is 107 Å². The van der Waals surface area contributed by atoms with Gasteiger partial charge < -0.3 is 10.2 Å². The van der Waals surface area contributed by atoms with Gasteiger partial charge in [-0.05, 0) is 37.2 Å². The number of aromatic nitrogens is 5. The Morgan fingerprint density at radius 2 is 1.97 bits per heavy atom. The molecule has 1 aromatic carbocycles. The number of fused-ring (bicyclic) bond motifs is 2. The summed E-state index contributed by atoms with van der Waals surface area (Å²) < 4.78 is 3.62. The molecule has 1 saturated heterocycles. The second-order valence-corrected chi connectivity index (χ2v) is 9.18. The minimum Gasteiger partial charge on any atom is -0.351 e. The zero-order chi connectivity index (χ0) is 24.1. The highest BCUT2D eigenvalue weighted by Gasteiger charge is 2.48. The van der Waals surface area contributed by atoms with E-state index >= 15 is 0 Å². The van der Waals surface area contributed by atoms with Crippen molar-refractivity contribution in [2.24, 2.45) is 7.05 Å². The van der Waals surface area contributed by atoms with Gasteiger partial charge in [0, 0.05) is 57.1 Å². The van der Waals surface area contributed by atoms with Crippen LogP contribution in [-0.2, 0) is 13.6 Å². The SMILES string of the molecule is CN1CCN(c2cc(C(=O)NCc3ccc(C#N)cc3)nc3cc(-c4ccnn4C)nn23)C2CC21. The number of piperazine rings is 1. The Balaban J connectivity index is 1.35. The van der Waals surface area contributed by atoms with Crippen molar-refractivity contribution in [2.45, 2.75) is 25.0 Å². The number of rotatable bonds is 5. The normalized spacial score (nSPS) is 19.4. The van der Waals surface area contributed by atoms with Gasteiger partial charge in [-0.1, -0.05) is 12.1 Å². The summed E-state index contributed by atoms with van der Waals surface area (Å²) in [6.45, 7) is 2.18. The van der Waals surface area contributed by atoms with Crippen molar-refractivity contribution in [3.8, 4) is 17.5 Å². The van der Waals surface area contributed by atoms with Crippen molar-refractivity contribution in [3.05, 3.63) is 65.5 Å². The smallest absolute Gasteiger partial charge is 0.270 e. The van der Waals surface area contributed by atoms with Gasteiger partial charge in [0.2, 0.25) is 0 Å². The first-order valence-corrected chi connectivity index (χ1v) is 11.6. The summed E-state index contributed by atoms with van der Waals surface area (Å²) in [5.41, 5.74) is 4.13. The number of aryl methyl sites for hydroxylation is 1. The largest absolute Gasteiger partial charge is 0.351 e. The molecule has 2 aliphatic rings. The van der Waals surface area contributed by atoms with Crippen molar-refractivity contribution in [1.29, 1.82) is 5.26 Å². The third-order valence-corrected chi connectivity index (χ3v) is 6.94. The summed E-state index contributed by atoms with van der Waals surface area (Å²) in [6, 6.07) is 15.9. The molecule has 1 N–H and O–H groups in total. The Labute approximate surface area is 202 Å². The third kappa shape index (κ3) is 3.80. The second-order valence-electron chi connectivity index (χ2n) is 9.18. The van der Waals surface area contributed by atoms with Crippen LogP contribution in [0.1, 0.15) is 28.0 Å². The number of amides is 1. The number of carbonyl (C=O) groups is 1. The van der Waals surface area contributed by atoms with Crippen LogP contribution in [0, 0.1) is 11.3 Å². The molecule has 1 saturated carbocycles. The molecular formula is C25H25N9O. The number of likely N-dealkylation sites (N-methyl/N-ethyl adjacent to an activating group) is 1. The first kappa shape index (κ1) is 21.3. The van der Waals surface area contributed by atoms with Crippen LogP contribution in [0.2, 0.25) is 0 Å². The predicted octanol–water partition coefficient (Wildman–Crippen LogP) is 1.82. The zero-order valence-electron chi connectivity index (χ0n) is 19.6. The molecule has 2 fully saturated rings. The van der Waals surface area contributed by atoms with Gasteiger partial charge in [-0.25, -0.2) is 4.98 Å². The maximum atomic E-state index is 13.2. The van der Waals surface area contributed by atoms with E-state index in [0.29, 0.717) is 35.5 Å². The quantitative estimate of drug-likeness (QED) is 0.477. The average molecular weight is 468 g/mol. The van der Waals surface area contributed by atoms with Crippen molar-refractivity contribution < 1.29 is 4.79 Å². The van der Waals surface area contributed by atoms with E-state index in [9.17, 15) is 4.79 Å². The fourth-order valence-electron chi connectivity index (χ4n) is 4.86.